The Morgan fingerprint density at radius 3 is 2.35 bits per heavy atom. The Kier molecular flexibility index (Phi) is 4.53. The van der Waals surface area contributed by atoms with Crippen LogP contribution in [0.2, 0.25) is 0 Å². The van der Waals surface area contributed by atoms with E-state index in [9.17, 15) is 23.1 Å². The third kappa shape index (κ3) is 3.35. The third-order valence-corrected chi connectivity index (χ3v) is 3.98. The molecule has 5 N–H and O–H groups in total. The number of primary amides is 1. The van der Waals surface area contributed by atoms with E-state index in [0.29, 0.717) is 0 Å². The highest BCUT2D eigenvalue weighted by Gasteiger charge is 2.30. The number of amides is 1. The van der Waals surface area contributed by atoms with Crippen LogP contribution in [-0.4, -0.2) is 47.2 Å². The maximum atomic E-state index is 12.0. The Morgan fingerprint density at radius 1 is 1.45 bits per heavy atom. The van der Waals surface area contributed by atoms with Crippen molar-refractivity contribution >= 4 is 21.9 Å². The molecule has 10 heteroatoms. The highest BCUT2D eigenvalue weighted by molar-refractivity contribution is 7.89. The summed E-state index contributed by atoms with van der Waals surface area (Å²) in [4.78, 5) is 21.6. The number of aryl methyl sites for hydroxylation is 1. The Morgan fingerprint density at radius 2 is 2.00 bits per heavy atom. The number of nitrogens with zero attached hydrogens (tertiary/aromatic N) is 1. The van der Waals surface area contributed by atoms with Gasteiger partial charge in [-0.2, -0.15) is 4.72 Å². The quantitative estimate of drug-likeness (QED) is 0.488. The van der Waals surface area contributed by atoms with Crippen molar-refractivity contribution in [1.82, 2.24) is 9.29 Å². The molecule has 2 unspecified atom stereocenters. The van der Waals surface area contributed by atoms with E-state index in [0.717, 1.165) is 19.2 Å². The number of carbonyl (C=O) groups excluding carboxylic acids is 1. The fourth-order valence-corrected chi connectivity index (χ4v) is 2.85. The lowest BCUT2D eigenvalue weighted by molar-refractivity contribution is -0.141. The maximum absolute atomic E-state index is 12.0. The summed E-state index contributed by atoms with van der Waals surface area (Å²) in [6, 6.07) is -0.678. The highest BCUT2D eigenvalue weighted by Crippen LogP contribution is 2.14. The van der Waals surface area contributed by atoms with Gasteiger partial charge in [0.2, 0.25) is 10.0 Å². The molecule has 0 aliphatic carbocycles. The van der Waals surface area contributed by atoms with Crippen molar-refractivity contribution in [3.8, 4) is 0 Å². The SMILES string of the molecule is CC(O)C(NS(=O)(=O)c1cc(C(N)=O)n(C)c1)C(=O)O. The van der Waals surface area contributed by atoms with Crippen LogP contribution < -0.4 is 10.5 Å². The van der Waals surface area contributed by atoms with E-state index in [4.69, 9.17) is 10.8 Å². The lowest BCUT2D eigenvalue weighted by atomic mass is 10.2. The average molecular weight is 305 g/mol. The van der Waals surface area contributed by atoms with Gasteiger partial charge >= 0.3 is 5.97 Å². The van der Waals surface area contributed by atoms with Crippen LogP contribution in [0.1, 0.15) is 17.4 Å². The molecule has 1 aromatic rings. The molecule has 1 amide bonds. The van der Waals surface area contributed by atoms with Gasteiger partial charge in [-0.3, -0.25) is 9.59 Å². The van der Waals surface area contributed by atoms with Crippen LogP contribution in [0.4, 0.5) is 0 Å². The van der Waals surface area contributed by atoms with Gasteiger partial charge in [0.05, 0.1) is 6.10 Å². The first-order chi connectivity index (χ1) is 9.06. The topological polar surface area (TPSA) is 152 Å². The maximum Gasteiger partial charge on any atom is 0.324 e. The number of hydrogen-bond acceptors (Lipinski definition) is 5. The minimum atomic E-state index is -4.20. The van der Waals surface area contributed by atoms with Gasteiger partial charge in [0.1, 0.15) is 16.6 Å². The molecule has 0 bridgehead atoms. The zero-order valence-corrected chi connectivity index (χ0v) is 11.6. The first-order valence-electron chi connectivity index (χ1n) is 5.45. The van der Waals surface area contributed by atoms with Crippen molar-refractivity contribution < 1.29 is 28.2 Å². The largest absolute Gasteiger partial charge is 0.480 e. The fraction of sp³-hybridized carbons (Fsp3) is 0.400. The van der Waals surface area contributed by atoms with E-state index in [1.807, 2.05) is 4.72 Å². The molecule has 0 saturated carbocycles. The van der Waals surface area contributed by atoms with E-state index in [2.05, 4.69) is 0 Å². The molecule has 0 aromatic carbocycles. The van der Waals surface area contributed by atoms with Crippen LogP contribution in [0.25, 0.3) is 0 Å². The van der Waals surface area contributed by atoms with Gasteiger partial charge in [0.25, 0.3) is 5.91 Å². The number of aromatic nitrogens is 1. The molecular weight excluding hydrogens is 290 g/mol. The van der Waals surface area contributed by atoms with Crippen LogP contribution in [0, 0.1) is 0 Å². The Labute approximate surface area is 115 Å². The van der Waals surface area contributed by atoms with Crippen molar-refractivity contribution in [3.05, 3.63) is 18.0 Å². The summed E-state index contributed by atoms with van der Waals surface area (Å²) >= 11 is 0. The first kappa shape index (κ1) is 16.1. The van der Waals surface area contributed by atoms with Gasteiger partial charge in [-0.25, -0.2) is 8.42 Å². The Hall–Kier alpha value is -1.91. The Balaban J connectivity index is 3.14. The number of nitrogens with one attached hydrogen (secondary N) is 1. The van der Waals surface area contributed by atoms with Gasteiger partial charge < -0.3 is 20.5 Å². The highest BCUT2D eigenvalue weighted by atomic mass is 32.2. The molecule has 1 aromatic heterocycles. The molecule has 0 radical (unpaired) electrons. The second kappa shape index (κ2) is 5.61. The van der Waals surface area contributed by atoms with E-state index < -0.39 is 34.0 Å². The smallest absolute Gasteiger partial charge is 0.324 e. The number of aliphatic hydroxyl groups excluding tert-OH is 1. The molecule has 0 spiro atoms. The van der Waals surface area contributed by atoms with Crippen LogP contribution in [0.15, 0.2) is 17.2 Å². The lowest BCUT2D eigenvalue weighted by Gasteiger charge is -2.16. The zero-order valence-electron chi connectivity index (χ0n) is 10.8. The normalized spacial score (nSPS) is 14.8. The molecule has 112 valence electrons. The van der Waals surface area contributed by atoms with Crippen molar-refractivity contribution in [3.63, 3.8) is 0 Å². The van der Waals surface area contributed by atoms with Gasteiger partial charge in [-0.05, 0) is 13.0 Å². The number of nitrogens with two attached hydrogens (primary N) is 1. The molecule has 0 fully saturated rings. The molecule has 2 atom stereocenters. The number of carboxylic acids is 1. The summed E-state index contributed by atoms with van der Waals surface area (Å²) < 4.78 is 27.0. The van der Waals surface area contributed by atoms with Gasteiger partial charge in [-0.1, -0.05) is 0 Å². The predicted molar refractivity (Wildman–Crippen MR) is 67.4 cm³/mol. The number of aliphatic hydroxyl groups is 1. The monoisotopic (exact) mass is 305 g/mol. The molecule has 0 aliphatic heterocycles. The molecule has 20 heavy (non-hydrogen) atoms. The summed E-state index contributed by atoms with van der Waals surface area (Å²) in [5.74, 6) is -2.34. The summed E-state index contributed by atoms with van der Waals surface area (Å²) in [6.07, 6.45) is -0.315. The second-order valence-electron chi connectivity index (χ2n) is 4.21. The van der Waals surface area contributed by atoms with Gasteiger partial charge in [-0.15, -0.1) is 0 Å². The van der Waals surface area contributed by atoms with Crippen LogP contribution in [0.5, 0.6) is 0 Å². The Bertz CT molecular complexity index is 633. The van der Waals surface area contributed by atoms with E-state index in [-0.39, 0.29) is 10.6 Å². The predicted octanol–water partition coefficient (Wildman–Crippen LogP) is -1.76. The number of carboxylic acid groups (broad SMARTS) is 1. The van der Waals surface area contributed by atoms with Crippen LogP contribution >= 0.6 is 0 Å². The zero-order chi connectivity index (χ0) is 15.7. The van der Waals surface area contributed by atoms with Crippen LogP contribution in [0.3, 0.4) is 0 Å². The van der Waals surface area contributed by atoms with Crippen molar-refractivity contribution in [2.24, 2.45) is 12.8 Å². The van der Waals surface area contributed by atoms with Crippen molar-refractivity contribution in [2.45, 2.75) is 24.0 Å². The number of carbonyl (C=O) groups is 2. The summed E-state index contributed by atoms with van der Waals surface area (Å²) in [5.41, 5.74) is 5.01. The number of sulfonamides is 1. The minimum Gasteiger partial charge on any atom is -0.480 e. The number of hydrogen-bond donors (Lipinski definition) is 4. The summed E-state index contributed by atoms with van der Waals surface area (Å²) in [7, 11) is -2.79. The number of rotatable bonds is 6. The molecule has 0 saturated heterocycles. The van der Waals surface area contributed by atoms with Crippen molar-refractivity contribution in [2.75, 3.05) is 0 Å². The van der Waals surface area contributed by atoms with E-state index in [1.165, 1.54) is 11.6 Å². The molecule has 1 heterocycles. The number of aliphatic carboxylic acids is 1. The van der Waals surface area contributed by atoms with Crippen LogP contribution in [-0.2, 0) is 21.9 Å². The summed E-state index contributed by atoms with van der Waals surface area (Å²) in [5, 5.41) is 18.1. The van der Waals surface area contributed by atoms with E-state index >= 15 is 0 Å². The second-order valence-corrected chi connectivity index (χ2v) is 5.93. The minimum absolute atomic E-state index is 0.0469. The third-order valence-electron chi connectivity index (χ3n) is 2.57. The summed E-state index contributed by atoms with van der Waals surface area (Å²) in [6.45, 7) is 1.14. The van der Waals surface area contributed by atoms with Gasteiger partial charge in [0.15, 0.2) is 0 Å². The average Bonchev–Trinajstić information content (AvgIpc) is 2.68. The van der Waals surface area contributed by atoms with Gasteiger partial charge in [0, 0.05) is 13.2 Å². The van der Waals surface area contributed by atoms with Crippen molar-refractivity contribution in [1.29, 1.82) is 0 Å². The molecule has 1 rings (SSSR count). The first-order valence-corrected chi connectivity index (χ1v) is 6.94. The van der Waals surface area contributed by atoms with E-state index in [1.54, 1.807) is 0 Å². The molecular formula is C10H15N3O6S. The molecule has 0 aliphatic rings. The fourth-order valence-electron chi connectivity index (χ4n) is 1.52. The standard InChI is InChI=1S/C10H15N3O6S/c1-5(14)8(10(16)17)12-20(18,19)6-3-7(9(11)15)13(2)4-6/h3-5,8,12,14H,1-2H3,(H2,11,15)(H,16,17). The molecule has 9 nitrogen and oxygen atoms in total. The lowest BCUT2D eigenvalue weighted by Crippen LogP contribution is -2.47.